The molecular weight excluding hydrogens is 361 g/mol. The van der Waals surface area contributed by atoms with Gasteiger partial charge in [-0.3, -0.25) is 9.78 Å². The van der Waals surface area contributed by atoms with E-state index >= 15 is 0 Å². The Kier molecular flexibility index (Phi) is 5.11. The third-order valence-electron chi connectivity index (χ3n) is 4.13. The second kappa shape index (κ2) is 7.29. The summed E-state index contributed by atoms with van der Waals surface area (Å²) >= 11 is 12.1. The summed E-state index contributed by atoms with van der Waals surface area (Å²) < 4.78 is 0. The molecule has 1 aromatic heterocycles. The van der Waals surface area contributed by atoms with Crippen LogP contribution >= 0.6 is 23.2 Å². The van der Waals surface area contributed by atoms with Gasteiger partial charge in [0.05, 0.1) is 28.5 Å². The normalized spacial score (nSPS) is 17.6. The molecule has 0 bridgehead atoms. The Bertz CT molecular complexity index is 825. The van der Waals surface area contributed by atoms with Crippen LogP contribution in [0.4, 0.5) is 5.82 Å². The molecule has 3 rings (SSSR count). The zero-order chi connectivity index (χ0) is 18.0. The summed E-state index contributed by atoms with van der Waals surface area (Å²) in [5.74, 6) is 0.448. The molecule has 6 nitrogen and oxygen atoms in total. The van der Waals surface area contributed by atoms with Crippen molar-refractivity contribution in [1.82, 2.24) is 14.9 Å². The van der Waals surface area contributed by atoms with E-state index in [2.05, 4.69) is 15.3 Å². The van der Waals surface area contributed by atoms with Gasteiger partial charge in [0, 0.05) is 36.1 Å². The fourth-order valence-electron chi connectivity index (χ4n) is 2.74. The number of nitrogens with two attached hydrogens (primary N) is 1. The van der Waals surface area contributed by atoms with Crippen molar-refractivity contribution in [2.24, 2.45) is 5.73 Å². The van der Waals surface area contributed by atoms with E-state index in [-0.39, 0.29) is 11.9 Å². The van der Waals surface area contributed by atoms with Crippen LogP contribution in [0.1, 0.15) is 23.7 Å². The molecule has 0 aliphatic carbocycles. The van der Waals surface area contributed by atoms with Crippen molar-refractivity contribution >= 4 is 34.9 Å². The van der Waals surface area contributed by atoms with Gasteiger partial charge in [-0.15, -0.1) is 0 Å². The minimum absolute atomic E-state index is 0.171. The highest BCUT2D eigenvalue weighted by molar-refractivity contribution is 6.36. The second-order valence-electron chi connectivity index (χ2n) is 5.70. The van der Waals surface area contributed by atoms with E-state index in [1.54, 1.807) is 41.7 Å². The maximum Gasteiger partial charge on any atom is 0.255 e. The van der Waals surface area contributed by atoms with Crippen LogP contribution in [0.3, 0.4) is 0 Å². The minimum Gasteiger partial charge on any atom is -0.399 e. The first-order chi connectivity index (χ1) is 12.0. The van der Waals surface area contributed by atoms with Gasteiger partial charge in [-0.05, 0) is 25.1 Å². The summed E-state index contributed by atoms with van der Waals surface area (Å²) in [4.78, 5) is 22.7. The number of nitrogens with zero attached hydrogens (tertiary/aromatic N) is 3. The van der Waals surface area contributed by atoms with Crippen LogP contribution in [-0.2, 0) is 0 Å². The predicted octanol–water partition coefficient (Wildman–Crippen LogP) is 3.30. The Labute approximate surface area is 155 Å². The first-order valence-corrected chi connectivity index (χ1v) is 8.50. The monoisotopic (exact) mass is 377 g/mol. The molecule has 3 N–H and O–H groups in total. The van der Waals surface area contributed by atoms with E-state index in [1.165, 1.54) is 0 Å². The smallest absolute Gasteiger partial charge is 0.255 e. The number of aromatic nitrogens is 2. The molecule has 1 aromatic carbocycles. The maximum absolute atomic E-state index is 12.8. The van der Waals surface area contributed by atoms with Crippen LogP contribution in [0.15, 0.2) is 48.2 Å². The van der Waals surface area contributed by atoms with Crippen LogP contribution in [-0.4, -0.2) is 33.4 Å². The summed E-state index contributed by atoms with van der Waals surface area (Å²) in [6, 6.07) is 4.57. The van der Waals surface area contributed by atoms with Gasteiger partial charge in [0.2, 0.25) is 0 Å². The number of rotatable bonds is 3. The zero-order valence-electron chi connectivity index (χ0n) is 13.5. The molecule has 0 fully saturated rings. The zero-order valence-corrected chi connectivity index (χ0v) is 15.1. The van der Waals surface area contributed by atoms with Crippen LogP contribution in [0.25, 0.3) is 0 Å². The van der Waals surface area contributed by atoms with Gasteiger partial charge in [0.1, 0.15) is 5.82 Å². The summed E-state index contributed by atoms with van der Waals surface area (Å²) in [6.45, 7) is 2.40. The maximum atomic E-state index is 12.8. The van der Waals surface area contributed by atoms with Gasteiger partial charge in [0.15, 0.2) is 0 Å². The molecule has 1 atom stereocenters. The van der Waals surface area contributed by atoms with Crippen molar-refractivity contribution in [3.8, 4) is 0 Å². The Hall–Kier alpha value is -2.31. The van der Waals surface area contributed by atoms with Gasteiger partial charge in [-0.25, -0.2) is 4.98 Å². The van der Waals surface area contributed by atoms with Crippen molar-refractivity contribution in [2.45, 2.75) is 19.4 Å². The minimum atomic E-state index is -0.271. The molecule has 0 radical (unpaired) electrons. The average molecular weight is 378 g/mol. The van der Waals surface area contributed by atoms with E-state index in [9.17, 15) is 4.79 Å². The molecule has 1 amide bonds. The van der Waals surface area contributed by atoms with Gasteiger partial charge in [-0.1, -0.05) is 23.2 Å². The lowest BCUT2D eigenvalue weighted by Gasteiger charge is -2.35. The summed E-state index contributed by atoms with van der Waals surface area (Å²) in [7, 11) is 0. The first-order valence-electron chi connectivity index (χ1n) is 7.75. The van der Waals surface area contributed by atoms with E-state index in [4.69, 9.17) is 28.9 Å². The standard InChI is InChI=1S/C17H17Cl2N5O/c1-10-16(20)14(23-15-9-21-5-6-22-15)4-7-24(10)17(25)12-3-2-11(18)8-13(12)19/h2-3,5-6,8-10H,4,7,20H2,1H3,(H,22,23). The number of nitrogens with one attached hydrogen (secondary N) is 1. The van der Waals surface area contributed by atoms with Crippen LogP contribution in [0.2, 0.25) is 10.0 Å². The topological polar surface area (TPSA) is 84.1 Å². The number of anilines is 1. The lowest BCUT2D eigenvalue weighted by atomic mass is 10.0. The van der Waals surface area contributed by atoms with Gasteiger partial charge in [0.25, 0.3) is 5.91 Å². The third kappa shape index (κ3) is 3.70. The number of hydrogen-bond donors (Lipinski definition) is 2. The lowest BCUT2D eigenvalue weighted by molar-refractivity contribution is 0.0705. The lowest BCUT2D eigenvalue weighted by Crippen LogP contribution is -2.46. The third-order valence-corrected chi connectivity index (χ3v) is 4.68. The second-order valence-corrected chi connectivity index (χ2v) is 6.54. The fraction of sp³-hybridized carbons (Fsp3) is 0.235. The summed E-state index contributed by atoms with van der Waals surface area (Å²) in [5.41, 5.74) is 8.11. The van der Waals surface area contributed by atoms with E-state index in [0.29, 0.717) is 40.1 Å². The molecule has 0 saturated heterocycles. The molecule has 1 unspecified atom stereocenters. The molecule has 1 aliphatic heterocycles. The van der Waals surface area contributed by atoms with Gasteiger partial charge in [-0.2, -0.15) is 0 Å². The van der Waals surface area contributed by atoms with Crippen molar-refractivity contribution in [1.29, 1.82) is 0 Å². The fourth-order valence-corrected chi connectivity index (χ4v) is 3.23. The van der Waals surface area contributed by atoms with E-state index < -0.39 is 0 Å². The number of halogens is 2. The van der Waals surface area contributed by atoms with Crippen molar-refractivity contribution in [3.05, 3.63) is 63.8 Å². The molecule has 130 valence electrons. The quantitative estimate of drug-likeness (QED) is 0.856. The van der Waals surface area contributed by atoms with Crippen LogP contribution < -0.4 is 11.1 Å². The highest BCUT2D eigenvalue weighted by Gasteiger charge is 2.30. The Morgan fingerprint density at radius 1 is 1.36 bits per heavy atom. The number of carbonyl (C=O) groups is 1. The highest BCUT2D eigenvalue weighted by atomic mass is 35.5. The summed E-state index contributed by atoms with van der Waals surface area (Å²) in [5, 5.41) is 4.00. The highest BCUT2D eigenvalue weighted by Crippen LogP contribution is 2.27. The Balaban J connectivity index is 1.81. The molecular formula is C17H17Cl2N5O. The van der Waals surface area contributed by atoms with Crippen LogP contribution in [0, 0.1) is 0 Å². The molecule has 0 spiro atoms. The summed E-state index contributed by atoms with van der Waals surface area (Å²) in [6.07, 6.45) is 5.41. The Morgan fingerprint density at radius 3 is 2.84 bits per heavy atom. The van der Waals surface area contributed by atoms with Crippen molar-refractivity contribution in [2.75, 3.05) is 11.9 Å². The van der Waals surface area contributed by atoms with E-state index in [0.717, 1.165) is 5.70 Å². The molecule has 2 aromatic rings. The molecule has 2 heterocycles. The van der Waals surface area contributed by atoms with Gasteiger partial charge >= 0.3 is 0 Å². The average Bonchev–Trinajstić information content (AvgIpc) is 2.59. The number of hydrogen-bond acceptors (Lipinski definition) is 5. The predicted molar refractivity (Wildman–Crippen MR) is 98.4 cm³/mol. The number of amides is 1. The first kappa shape index (κ1) is 17.5. The number of carbonyl (C=O) groups excluding carboxylic acids is 1. The Morgan fingerprint density at radius 2 is 2.16 bits per heavy atom. The largest absolute Gasteiger partial charge is 0.399 e. The van der Waals surface area contributed by atoms with Gasteiger partial charge < -0.3 is 16.0 Å². The van der Waals surface area contributed by atoms with Crippen molar-refractivity contribution in [3.63, 3.8) is 0 Å². The van der Waals surface area contributed by atoms with Crippen molar-refractivity contribution < 1.29 is 4.79 Å². The molecule has 1 aliphatic rings. The number of benzene rings is 1. The molecule has 0 saturated carbocycles. The molecule has 25 heavy (non-hydrogen) atoms. The van der Waals surface area contributed by atoms with E-state index in [1.807, 2.05) is 6.92 Å². The van der Waals surface area contributed by atoms with Crippen LogP contribution in [0.5, 0.6) is 0 Å². The SMILES string of the molecule is CC1C(N)=C(Nc2cnccn2)CCN1C(=O)c1ccc(Cl)cc1Cl. The molecule has 8 heteroatoms.